The van der Waals surface area contributed by atoms with Crippen molar-refractivity contribution in [1.29, 1.82) is 0 Å². The number of fused-ring (bicyclic) bond motifs is 1. The molecule has 62 heavy (non-hydrogen) atoms. The standard InChI is InChI=1S/C48H50FN7O6/c1-28(2)42(53-47(59)61-3)45(57)56-22-8-12-41(56)44-51-27-39(52-44)34-20-19-32-23-31(17-18-33(32)24-34)29-13-15-30(16-14-29)35-25-38(50-26-35)40-11-7-21-55(40)46(58)43(54-48(60)62-4)36-9-5-6-10-37(36)49/h5-6,9-10,13-20,23-24,26-28,40-43H,7-8,11-12,21-22,25H2,1-4H3,(H,51,52)(H,53,59)(H,54,60)/t40-,41-,42-,43+/m0/s1. The van der Waals surface area contributed by atoms with Gasteiger partial charge in [-0.3, -0.25) is 14.6 Å². The highest BCUT2D eigenvalue weighted by Crippen LogP contribution is 2.36. The smallest absolute Gasteiger partial charge is 0.407 e. The lowest BCUT2D eigenvalue weighted by molar-refractivity contribution is -0.135. The fourth-order valence-corrected chi connectivity index (χ4v) is 8.84. The van der Waals surface area contributed by atoms with Crippen molar-refractivity contribution in [1.82, 2.24) is 30.4 Å². The van der Waals surface area contributed by atoms with Gasteiger partial charge < -0.3 is 34.9 Å². The summed E-state index contributed by atoms with van der Waals surface area (Å²) < 4.78 is 24.4. The molecule has 3 aliphatic rings. The van der Waals surface area contributed by atoms with Crippen molar-refractivity contribution in [3.63, 3.8) is 0 Å². The lowest BCUT2D eigenvalue weighted by Gasteiger charge is -2.30. The molecule has 4 aromatic carbocycles. The first-order valence-electron chi connectivity index (χ1n) is 21.0. The lowest BCUT2D eigenvalue weighted by atomic mass is 9.95. The Bertz CT molecular complexity index is 2570. The summed E-state index contributed by atoms with van der Waals surface area (Å²) in [5.41, 5.74) is 7.01. The zero-order valence-corrected chi connectivity index (χ0v) is 35.2. The molecule has 2 saturated heterocycles. The number of rotatable bonds is 11. The minimum Gasteiger partial charge on any atom is -0.453 e. The van der Waals surface area contributed by atoms with Crippen LogP contribution in [0, 0.1) is 11.7 Å². The number of aromatic nitrogens is 2. The van der Waals surface area contributed by atoms with Crippen molar-refractivity contribution in [2.24, 2.45) is 10.9 Å². The second-order valence-corrected chi connectivity index (χ2v) is 16.3. The highest BCUT2D eigenvalue weighted by Gasteiger charge is 2.40. The summed E-state index contributed by atoms with van der Waals surface area (Å²) >= 11 is 0. The summed E-state index contributed by atoms with van der Waals surface area (Å²) in [6, 6.07) is 24.6. The van der Waals surface area contributed by atoms with Crippen molar-refractivity contribution in [3.8, 4) is 22.4 Å². The Morgan fingerprint density at radius 3 is 2.06 bits per heavy atom. The number of hydrogen-bond acceptors (Lipinski definition) is 8. The van der Waals surface area contributed by atoms with E-state index >= 15 is 0 Å². The van der Waals surface area contributed by atoms with Gasteiger partial charge in [-0.05, 0) is 82.8 Å². The predicted molar refractivity (Wildman–Crippen MR) is 234 cm³/mol. The van der Waals surface area contributed by atoms with Crippen LogP contribution < -0.4 is 10.6 Å². The van der Waals surface area contributed by atoms with Gasteiger partial charge >= 0.3 is 12.2 Å². The van der Waals surface area contributed by atoms with Crippen LogP contribution in [0.1, 0.15) is 75.0 Å². The third-order valence-corrected chi connectivity index (χ3v) is 12.2. The van der Waals surface area contributed by atoms with E-state index < -0.39 is 36.0 Å². The van der Waals surface area contributed by atoms with Gasteiger partial charge in [-0.2, -0.15) is 0 Å². The molecule has 14 heteroatoms. The second kappa shape index (κ2) is 18.0. The number of likely N-dealkylation sites (tertiary alicyclic amines) is 2. The maximum atomic E-state index is 14.9. The number of allylic oxidation sites excluding steroid dienone is 1. The number of aliphatic imine (C=N–C) groups is 1. The number of aromatic amines is 1. The fraction of sp³-hybridized carbons (Fsp3) is 0.333. The molecule has 0 radical (unpaired) electrons. The molecule has 5 aromatic rings. The van der Waals surface area contributed by atoms with E-state index in [2.05, 4.69) is 76.3 Å². The normalized spacial score (nSPS) is 18.4. The number of hydrogen-bond donors (Lipinski definition) is 3. The molecular formula is C48H50FN7O6. The molecule has 0 saturated carbocycles. The zero-order valence-electron chi connectivity index (χ0n) is 35.2. The van der Waals surface area contributed by atoms with Gasteiger partial charge in [0.25, 0.3) is 5.91 Å². The Morgan fingerprint density at radius 2 is 1.37 bits per heavy atom. The molecule has 0 unspecified atom stereocenters. The Morgan fingerprint density at radius 1 is 0.758 bits per heavy atom. The van der Waals surface area contributed by atoms with Gasteiger partial charge in [-0.1, -0.05) is 80.6 Å². The van der Waals surface area contributed by atoms with E-state index in [0.29, 0.717) is 19.5 Å². The van der Waals surface area contributed by atoms with Crippen LogP contribution in [0.5, 0.6) is 0 Å². The average Bonchev–Trinajstić information content (AvgIpc) is 4.14. The molecule has 320 valence electrons. The zero-order chi connectivity index (χ0) is 43.5. The first-order chi connectivity index (χ1) is 30.0. The van der Waals surface area contributed by atoms with Crippen molar-refractivity contribution in [2.75, 3.05) is 27.3 Å². The van der Waals surface area contributed by atoms with E-state index in [-0.39, 0.29) is 29.5 Å². The van der Waals surface area contributed by atoms with Crippen LogP contribution in [0.3, 0.4) is 0 Å². The molecule has 13 nitrogen and oxygen atoms in total. The summed E-state index contributed by atoms with van der Waals surface area (Å²) in [4.78, 5) is 68.2. The first-order valence-corrected chi connectivity index (χ1v) is 21.0. The Labute approximate surface area is 359 Å². The number of methoxy groups -OCH3 is 2. The number of ether oxygens (including phenoxy) is 2. The number of imidazole rings is 1. The molecule has 3 N–H and O–H groups in total. The Balaban J connectivity index is 0.917. The third-order valence-electron chi connectivity index (χ3n) is 12.2. The lowest BCUT2D eigenvalue weighted by Crippen LogP contribution is -2.51. The summed E-state index contributed by atoms with van der Waals surface area (Å²) in [6.07, 6.45) is 5.90. The summed E-state index contributed by atoms with van der Waals surface area (Å²) in [5, 5.41) is 7.40. The fourth-order valence-electron chi connectivity index (χ4n) is 8.84. The van der Waals surface area contributed by atoms with E-state index in [1.54, 1.807) is 11.0 Å². The number of benzene rings is 4. The van der Waals surface area contributed by atoms with Gasteiger partial charge in [-0.15, -0.1) is 0 Å². The maximum Gasteiger partial charge on any atom is 0.407 e. The molecule has 0 aliphatic carbocycles. The van der Waals surface area contributed by atoms with Crippen molar-refractivity contribution in [3.05, 3.63) is 120 Å². The third kappa shape index (κ3) is 8.54. The molecule has 0 spiro atoms. The van der Waals surface area contributed by atoms with Gasteiger partial charge in [0.1, 0.15) is 23.7 Å². The van der Waals surface area contributed by atoms with Crippen LogP contribution in [-0.4, -0.2) is 88.9 Å². The van der Waals surface area contributed by atoms with Crippen LogP contribution in [0.4, 0.5) is 14.0 Å². The molecule has 4 atom stereocenters. The van der Waals surface area contributed by atoms with Gasteiger partial charge in [-0.25, -0.2) is 19.0 Å². The van der Waals surface area contributed by atoms with E-state index in [1.165, 1.54) is 32.4 Å². The highest BCUT2D eigenvalue weighted by molar-refractivity contribution is 6.04. The van der Waals surface area contributed by atoms with Crippen molar-refractivity contribution < 1.29 is 33.0 Å². The summed E-state index contributed by atoms with van der Waals surface area (Å²) in [6.45, 7) is 4.86. The number of alkyl carbamates (subject to hydrolysis) is 2. The quantitative estimate of drug-likeness (QED) is 0.121. The topological polar surface area (TPSA) is 158 Å². The maximum absolute atomic E-state index is 14.9. The summed E-state index contributed by atoms with van der Waals surface area (Å²) in [5.74, 6) is -0.527. The molecule has 4 amide bonds. The van der Waals surface area contributed by atoms with E-state index in [9.17, 15) is 23.6 Å². The first kappa shape index (κ1) is 41.9. The Kier molecular flexibility index (Phi) is 12.2. The monoisotopic (exact) mass is 839 g/mol. The van der Waals surface area contributed by atoms with Gasteiger partial charge in [0.2, 0.25) is 5.91 Å². The van der Waals surface area contributed by atoms with Crippen LogP contribution in [-0.2, 0) is 19.1 Å². The number of nitrogens with zero attached hydrogens (tertiary/aromatic N) is 4. The molecule has 8 rings (SSSR count). The van der Waals surface area contributed by atoms with E-state index in [0.717, 1.165) is 81.5 Å². The molecule has 0 bridgehead atoms. The van der Waals surface area contributed by atoms with Gasteiger partial charge in [0, 0.05) is 42.5 Å². The van der Waals surface area contributed by atoms with Gasteiger partial charge in [0.05, 0.1) is 38.2 Å². The Hall–Kier alpha value is -6.83. The van der Waals surface area contributed by atoms with Crippen LogP contribution >= 0.6 is 0 Å². The largest absolute Gasteiger partial charge is 0.453 e. The van der Waals surface area contributed by atoms with Crippen molar-refractivity contribution in [2.45, 2.75) is 70.1 Å². The van der Waals surface area contributed by atoms with E-state index in [4.69, 9.17) is 19.5 Å². The molecule has 4 heterocycles. The van der Waals surface area contributed by atoms with Gasteiger partial charge in [0.15, 0.2) is 0 Å². The van der Waals surface area contributed by atoms with Crippen LogP contribution in [0.2, 0.25) is 0 Å². The van der Waals surface area contributed by atoms with Crippen LogP contribution in [0.25, 0.3) is 38.7 Å². The number of amides is 4. The minimum absolute atomic E-state index is 0.0808. The summed E-state index contributed by atoms with van der Waals surface area (Å²) in [7, 11) is 2.49. The molecule has 1 aromatic heterocycles. The predicted octanol–water partition coefficient (Wildman–Crippen LogP) is 8.35. The number of carbonyl (C=O) groups excluding carboxylic acids is 4. The molecular weight excluding hydrogens is 790 g/mol. The number of nitrogens with one attached hydrogen (secondary N) is 3. The minimum atomic E-state index is -1.23. The highest BCUT2D eigenvalue weighted by atomic mass is 19.1. The number of carbonyl (C=O) groups is 4. The average molecular weight is 840 g/mol. The molecule has 3 aliphatic heterocycles. The number of halogens is 1. The van der Waals surface area contributed by atoms with E-state index in [1.807, 2.05) is 31.1 Å². The van der Waals surface area contributed by atoms with Crippen LogP contribution in [0.15, 0.2) is 102 Å². The second-order valence-electron chi connectivity index (χ2n) is 16.3. The van der Waals surface area contributed by atoms with Crippen molar-refractivity contribution >= 4 is 46.1 Å². The SMILES string of the molecule is COC(=O)N[C@H](C(=O)N1CCC[C@H]1c1ncc(-c2ccc3cc(-c4ccc(C5=CN=C([C@@H]6CCCN6C(=O)[C@H](NC(=O)OC)c6ccccc6F)C5)cc4)ccc3c2)[nH]1)C(C)C. The number of H-pyrrole nitrogens is 1. The molecule has 2 fully saturated rings.